The number of hydrogen-bond acceptors (Lipinski definition) is 3. The van der Waals surface area contributed by atoms with Crippen molar-refractivity contribution in [3.8, 4) is 11.1 Å². The lowest BCUT2D eigenvalue weighted by atomic mass is 9.84. The molecule has 0 amide bonds. The van der Waals surface area contributed by atoms with E-state index in [0.717, 1.165) is 28.7 Å². The van der Waals surface area contributed by atoms with Crippen molar-refractivity contribution in [1.82, 2.24) is 5.16 Å². The van der Waals surface area contributed by atoms with Gasteiger partial charge in [-0.3, -0.25) is 0 Å². The van der Waals surface area contributed by atoms with Crippen molar-refractivity contribution in [2.45, 2.75) is 38.5 Å². The molecular weight excluding hydrogens is 248 g/mol. The van der Waals surface area contributed by atoms with Gasteiger partial charge >= 0.3 is 0 Å². The van der Waals surface area contributed by atoms with Crippen molar-refractivity contribution in [3.63, 3.8) is 0 Å². The van der Waals surface area contributed by atoms with Crippen LogP contribution < -0.4 is 5.73 Å². The highest BCUT2D eigenvalue weighted by molar-refractivity contribution is 5.76. The number of anilines is 1. The Labute approximate surface area is 119 Å². The molecule has 0 saturated heterocycles. The first-order valence-corrected chi connectivity index (χ1v) is 7.54. The molecule has 2 aliphatic carbocycles. The Morgan fingerprint density at radius 1 is 1.15 bits per heavy atom. The molecule has 3 heteroatoms. The third-order valence-electron chi connectivity index (χ3n) is 5.16. The normalized spacial score (nSPS) is 28.1. The third-order valence-corrected chi connectivity index (χ3v) is 5.16. The molecule has 0 radical (unpaired) electrons. The average Bonchev–Trinajstić information content (AvgIpc) is 3.14. The van der Waals surface area contributed by atoms with Gasteiger partial charge in [0.2, 0.25) is 0 Å². The standard InChI is InChI=1S/C17H20N2O/c1-10-2-5-12(6-3-10)15-16(20-19-17(15)18)14-9-11-4-7-13(14)8-11/h2-3,5-6,11,13-14H,4,7-9H2,1H3,(H2,18,19). The van der Waals surface area contributed by atoms with Crippen molar-refractivity contribution >= 4 is 5.82 Å². The van der Waals surface area contributed by atoms with E-state index in [1.165, 1.54) is 31.2 Å². The number of aryl methyl sites for hydroxylation is 1. The fourth-order valence-electron chi connectivity index (χ4n) is 4.15. The van der Waals surface area contributed by atoms with Crippen LogP contribution in [0, 0.1) is 18.8 Å². The Hall–Kier alpha value is -1.77. The summed E-state index contributed by atoms with van der Waals surface area (Å²) in [5, 5.41) is 4.05. The molecule has 2 aromatic rings. The summed E-state index contributed by atoms with van der Waals surface area (Å²) >= 11 is 0. The first-order chi connectivity index (χ1) is 9.72. The molecule has 3 unspecified atom stereocenters. The number of benzene rings is 1. The first-order valence-electron chi connectivity index (χ1n) is 7.54. The van der Waals surface area contributed by atoms with E-state index in [2.05, 4.69) is 36.3 Å². The Morgan fingerprint density at radius 3 is 2.60 bits per heavy atom. The lowest BCUT2D eigenvalue weighted by molar-refractivity contribution is 0.312. The third kappa shape index (κ3) is 1.76. The lowest BCUT2D eigenvalue weighted by Gasteiger charge is -2.20. The minimum Gasteiger partial charge on any atom is -0.380 e. The zero-order valence-electron chi connectivity index (χ0n) is 11.8. The van der Waals surface area contributed by atoms with Crippen LogP contribution in [0.2, 0.25) is 0 Å². The smallest absolute Gasteiger partial charge is 0.175 e. The fraction of sp³-hybridized carbons (Fsp3) is 0.471. The Kier molecular flexibility index (Phi) is 2.62. The molecule has 2 fully saturated rings. The maximum atomic E-state index is 6.07. The van der Waals surface area contributed by atoms with Gasteiger partial charge in [-0.1, -0.05) is 41.4 Å². The summed E-state index contributed by atoms with van der Waals surface area (Å²) in [7, 11) is 0. The molecular formula is C17H20N2O. The van der Waals surface area contributed by atoms with Gasteiger partial charge in [-0.15, -0.1) is 0 Å². The van der Waals surface area contributed by atoms with Crippen LogP contribution in [0.5, 0.6) is 0 Å². The van der Waals surface area contributed by atoms with Crippen molar-refractivity contribution in [2.75, 3.05) is 5.73 Å². The van der Waals surface area contributed by atoms with Crippen molar-refractivity contribution in [1.29, 1.82) is 0 Å². The highest BCUT2D eigenvalue weighted by atomic mass is 16.5. The number of fused-ring (bicyclic) bond motifs is 2. The zero-order valence-corrected chi connectivity index (χ0v) is 11.8. The quantitative estimate of drug-likeness (QED) is 0.890. The Morgan fingerprint density at radius 2 is 1.95 bits per heavy atom. The molecule has 2 bridgehead atoms. The van der Waals surface area contributed by atoms with Gasteiger partial charge in [0.15, 0.2) is 5.82 Å². The summed E-state index contributed by atoms with van der Waals surface area (Å²) in [4.78, 5) is 0. The molecule has 1 aromatic heterocycles. The lowest BCUT2D eigenvalue weighted by Crippen LogP contribution is -2.08. The molecule has 2 aliphatic rings. The summed E-state index contributed by atoms with van der Waals surface area (Å²) < 4.78 is 5.64. The van der Waals surface area contributed by atoms with E-state index in [4.69, 9.17) is 10.3 Å². The summed E-state index contributed by atoms with van der Waals surface area (Å²) in [6.07, 6.45) is 5.34. The molecule has 2 N–H and O–H groups in total. The second-order valence-electron chi connectivity index (χ2n) is 6.45. The molecule has 20 heavy (non-hydrogen) atoms. The summed E-state index contributed by atoms with van der Waals surface area (Å²) in [5.74, 6) is 3.75. The maximum absolute atomic E-state index is 6.07. The van der Waals surface area contributed by atoms with Gasteiger partial charge in [0, 0.05) is 5.92 Å². The number of aromatic nitrogens is 1. The van der Waals surface area contributed by atoms with Gasteiger partial charge in [0.05, 0.1) is 5.56 Å². The molecule has 1 heterocycles. The van der Waals surface area contributed by atoms with Crippen LogP contribution in [0.1, 0.15) is 42.9 Å². The van der Waals surface area contributed by atoms with E-state index in [9.17, 15) is 0 Å². The van der Waals surface area contributed by atoms with Gasteiger partial charge in [-0.25, -0.2) is 0 Å². The van der Waals surface area contributed by atoms with Gasteiger partial charge in [-0.2, -0.15) is 0 Å². The Balaban J connectivity index is 1.76. The van der Waals surface area contributed by atoms with E-state index in [0.29, 0.717) is 11.7 Å². The minimum absolute atomic E-state index is 0.523. The van der Waals surface area contributed by atoms with Crippen molar-refractivity contribution < 1.29 is 4.52 Å². The van der Waals surface area contributed by atoms with E-state index in [1.807, 2.05) is 0 Å². The average molecular weight is 268 g/mol. The second-order valence-corrected chi connectivity index (χ2v) is 6.45. The maximum Gasteiger partial charge on any atom is 0.175 e. The fourth-order valence-corrected chi connectivity index (χ4v) is 4.15. The number of nitrogens with zero attached hydrogens (tertiary/aromatic N) is 1. The second kappa shape index (κ2) is 4.37. The topological polar surface area (TPSA) is 52.0 Å². The molecule has 3 nitrogen and oxygen atoms in total. The van der Waals surface area contributed by atoms with Crippen LogP contribution >= 0.6 is 0 Å². The molecule has 1 aromatic carbocycles. The summed E-state index contributed by atoms with van der Waals surface area (Å²) in [6.45, 7) is 2.09. The van der Waals surface area contributed by atoms with E-state index < -0.39 is 0 Å². The zero-order chi connectivity index (χ0) is 13.7. The van der Waals surface area contributed by atoms with Crippen LogP contribution in [-0.4, -0.2) is 5.16 Å². The van der Waals surface area contributed by atoms with E-state index >= 15 is 0 Å². The predicted octanol–water partition coefficient (Wildman–Crippen LogP) is 4.14. The van der Waals surface area contributed by atoms with Crippen molar-refractivity contribution in [2.24, 2.45) is 11.8 Å². The van der Waals surface area contributed by atoms with Gasteiger partial charge in [0.25, 0.3) is 0 Å². The number of nitrogens with two attached hydrogens (primary N) is 1. The van der Waals surface area contributed by atoms with Gasteiger partial charge in [0.1, 0.15) is 5.76 Å². The molecule has 0 spiro atoms. The number of rotatable bonds is 2. The van der Waals surface area contributed by atoms with Crippen molar-refractivity contribution in [3.05, 3.63) is 35.6 Å². The number of nitrogen functional groups attached to an aromatic ring is 1. The molecule has 104 valence electrons. The molecule has 0 aliphatic heterocycles. The van der Waals surface area contributed by atoms with E-state index in [1.54, 1.807) is 0 Å². The first kappa shape index (κ1) is 12.0. The van der Waals surface area contributed by atoms with Crippen LogP contribution in [0.3, 0.4) is 0 Å². The van der Waals surface area contributed by atoms with E-state index in [-0.39, 0.29) is 0 Å². The summed E-state index contributed by atoms with van der Waals surface area (Å²) in [6, 6.07) is 8.47. The minimum atomic E-state index is 0.523. The monoisotopic (exact) mass is 268 g/mol. The van der Waals surface area contributed by atoms with Gasteiger partial charge in [-0.05, 0) is 43.6 Å². The van der Waals surface area contributed by atoms with Crippen LogP contribution in [0.4, 0.5) is 5.82 Å². The van der Waals surface area contributed by atoms with Crippen LogP contribution in [0.25, 0.3) is 11.1 Å². The highest BCUT2D eigenvalue weighted by Gasteiger charge is 2.43. The highest BCUT2D eigenvalue weighted by Crippen LogP contribution is 2.54. The SMILES string of the molecule is Cc1ccc(-c2c(N)noc2C2CC3CCC2C3)cc1. The predicted molar refractivity (Wildman–Crippen MR) is 79.3 cm³/mol. The Bertz CT molecular complexity index is 629. The largest absolute Gasteiger partial charge is 0.380 e. The van der Waals surface area contributed by atoms with Gasteiger partial charge < -0.3 is 10.3 Å². The molecule has 3 atom stereocenters. The molecule has 4 rings (SSSR count). The van der Waals surface area contributed by atoms with Crippen LogP contribution in [0.15, 0.2) is 28.8 Å². The summed E-state index contributed by atoms with van der Waals surface area (Å²) in [5.41, 5.74) is 9.49. The number of hydrogen-bond donors (Lipinski definition) is 1. The molecule has 2 saturated carbocycles. The van der Waals surface area contributed by atoms with Crippen LogP contribution in [-0.2, 0) is 0 Å².